The molecule has 0 aliphatic rings. The minimum absolute atomic E-state index is 0.698. The average molecular weight is 616 g/mol. The summed E-state index contributed by atoms with van der Waals surface area (Å²) in [4.78, 5) is 14.9. The summed E-state index contributed by atoms with van der Waals surface area (Å²) in [5.74, 6) is 0.698. The van der Waals surface area contributed by atoms with Gasteiger partial charge in [-0.25, -0.2) is 9.97 Å². The van der Waals surface area contributed by atoms with Gasteiger partial charge in [-0.15, -0.1) is 11.3 Å². The monoisotopic (exact) mass is 615 g/mol. The lowest BCUT2D eigenvalue weighted by atomic mass is 9.91. The summed E-state index contributed by atoms with van der Waals surface area (Å²) in [5, 5.41) is 10.1. The highest BCUT2D eigenvalue weighted by Gasteiger charge is 2.17. The molecule has 0 aliphatic carbocycles. The summed E-state index contributed by atoms with van der Waals surface area (Å²) < 4.78 is 2.57. The number of hydrogen-bond acceptors (Lipinski definition) is 4. The van der Waals surface area contributed by atoms with Gasteiger partial charge in [0.1, 0.15) is 0 Å². The predicted molar refractivity (Wildman–Crippen MR) is 198 cm³/mol. The lowest BCUT2D eigenvalue weighted by Crippen LogP contribution is -1.97. The third-order valence-electron chi connectivity index (χ3n) is 9.32. The fraction of sp³-hybridized carbons (Fsp3) is 0. The van der Waals surface area contributed by atoms with E-state index in [-0.39, 0.29) is 0 Å². The number of fused-ring (bicyclic) bond motifs is 3. The summed E-state index contributed by atoms with van der Waals surface area (Å²) >= 11 is 1.83. The Morgan fingerprint density at radius 1 is 0.426 bits per heavy atom. The van der Waals surface area contributed by atoms with Gasteiger partial charge in [0.05, 0.1) is 11.4 Å². The van der Waals surface area contributed by atoms with Crippen LogP contribution in [0.5, 0.6) is 0 Å². The Bertz CT molecular complexity index is 2780. The van der Waals surface area contributed by atoms with E-state index in [0.29, 0.717) is 5.82 Å². The molecule has 0 saturated carbocycles. The summed E-state index contributed by atoms with van der Waals surface area (Å²) in [7, 11) is 0. The lowest BCUT2D eigenvalue weighted by Gasteiger charge is -2.15. The fourth-order valence-corrected chi connectivity index (χ4v) is 8.16. The maximum absolute atomic E-state index is 5.29. The van der Waals surface area contributed by atoms with Crippen molar-refractivity contribution in [1.82, 2.24) is 15.0 Å². The molecule has 4 heteroatoms. The second-order valence-electron chi connectivity index (χ2n) is 12.1. The molecule has 0 amide bonds. The fourth-order valence-electron chi connectivity index (χ4n) is 7.08. The van der Waals surface area contributed by atoms with Crippen LogP contribution < -0.4 is 0 Å². The van der Waals surface area contributed by atoms with Crippen molar-refractivity contribution in [3.63, 3.8) is 0 Å². The van der Waals surface area contributed by atoms with Crippen LogP contribution in [0.1, 0.15) is 0 Å². The molecular formula is C43H25N3S. The zero-order valence-electron chi connectivity index (χ0n) is 25.2. The number of aromatic nitrogens is 3. The molecule has 10 rings (SSSR count). The quantitative estimate of drug-likeness (QED) is 0.185. The minimum Gasteiger partial charge on any atom is -0.264 e. The van der Waals surface area contributed by atoms with Crippen molar-refractivity contribution in [2.45, 2.75) is 0 Å². The van der Waals surface area contributed by atoms with Gasteiger partial charge >= 0.3 is 0 Å². The summed E-state index contributed by atoms with van der Waals surface area (Å²) in [5.41, 5.74) is 7.10. The van der Waals surface area contributed by atoms with E-state index >= 15 is 0 Å². The summed E-state index contributed by atoms with van der Waals surface area (Å²) in [6, 6.07) is 50.0. The molecule has 0 bridgehead atoms. The Kier molecular flexibility index (Phi) is 5.74. The molecule has 7 aromatic carbocycles. The van der Waals surface area contributed by atoms with Crippen LogP contribution in [0.3, 0.4) is 0 Å². The first-order valence-electron chi connectivity index (χ1n) is 15.8. The van der Waals surface area contributed by atoms with Gasteiger partial charge in [0.25, 0.3) is 0 Å². The smallest absolute Gasteiger partial charge is 0.160 e. The zero-order valence-corrected chi connectivity index (χ0v) is 26.0. The SMILES string of the molecule is c1cncc(-c2cccc(-c3nc(-c4ccc5sc6ccccc6c5c4)cc(-c4ccc5ccc6cccc7ccc4c5c67)n3)c2)c1. The Morgan fingerprint density at radius 2 is 1.17 bits per heavy atom. The van der Waals surface area contributed by atoms with Gasteiger partial charge in [0, 0.05) is 54.8 Å². The second kappa shape index (κ2) is 10.3. The molecule has 10 aromatic rings. The van der Waals surface area contributed by atoms with E-state index in [2.05, 4.69) is 138 Å². The van der Waals surface area contributed by atoms with Gasteiger partial charge in [-0.2, -0.15) is 0 Å². The van der Waals surface area contributed by atoms with Crippen LogP contribution in [0.15, 0.2) is 152 Å². The molecule has 0 atom stereocenters. The summed E-state index contributed by atoms with van der Waals surface area (Å²) in [6.07, 6.45) is 3.70. The molecule has 0 aliphatic heterocycles. The van der Waals surface area contributed by atoms with E-state index in [1.54, 1.807) is 6.20 Å². The van der Waals surface area contributed by atoms with E-state index in [9.17, 15) is 0 Å². The van der Waals surface area contributed by atoms with Gasteiger partial charge in [0.15, 0.2) is 5.82 Å². The third kappa shape index (κ3) is 4.23. The van der Waals surface area contributed by atoms with Gasteiger partial charge in [-0.3, -0.25) is 4.98 Å². The van der Waals surface area contributed by atoms with Crippen molar-refractivity contribution < 1.29 is 0 Å². The van der Waals surface area contributed by atoms with Crippen LogP contribution in [0.25, 0.3) is 97.5 Å². The minimum atomic E-state index is 0.698. The highest BCUT2D eigenvalue weighted by atomic mass is 32.1. The van der Waals surface area contributed by atoms with Crippen molar-refractivity contribution in [2.24, 2.45) is 0 Å². The number of thiophene rings is 1. The van der Waals surface area contributed by atoms with E-state index in [4.69, 9.17) is 9.97 Å². The van der Waals surface area contributed by atoms with Crippen LogP contribution in [0.2, 0.25) is 0 Å². The molecule has 218 valence electrons. The molecule has 0 saturated heterocycles. The van der Waals surface area contributed by atoms with Crippen LogP contribution in [0, 0.1) is 0 Å². The molecule has 0 spiro atoms. The Labute approximate surface area is 274 Å². The average Bonchev–Trinajstić information content (AvgIpc) is 3.52. The molecule has 0 radical (unpaired) electrons. The Hall–Kier alpha value is -5.97. The van der Waals surface area contributed by atoms with Gasteiger partial charge < -0.3 is 0 Å². The van der Waals surface area contributed by atoms with Crippen molar-refractivity contribution >= 4 is 63.8 Å². The van der Waals surface area contributed by atoms with E-state index in [1.165, 1.54) is 52.5 Å². The first-order chi connectivity index (χ1) is 23.3. The first-order valence-corrected chi connectivity index (χ1v) is 16.6. The molecule has 0 unspecified atom stereocenters. The largest absolute Gasteiger partial charge is 0.264 e. The van der Waals surface area contributed by atoms with Crippen molar-refractivity contribution in [3.8, 4) is 45.0 Å². The molecular weight excluding hydrogens is 591 g/mol. The lowest BCUT2D eigenvalue weighted by molar-refractivity contribution is 1.19. The molecule has 0 N–H and O–H groups in total. The standard InChI is InChI=1S/C43H25N3S/c1-2-12-39-34(11-1)36-23-30(17-20-40(36)47-39)37-24-38(46-43(45-37)31-9-4-8-29(22-31)32-10-5-21-44-25-32)33-18-15-28-14-13-26-6-3-7-27-16-19-35(33)42(28)41(26)27/h1-25H. The predicted octanol–water partition coefficient (Wildman–Crippen LogP) is 11.8. The van der Waals surface area contributed by atoms with Crippen molar-refractivity contribution in [3.05, 3.63) is 152 Å². The molecule has 0 fully saturated rings. The number of rotatable bonds is 4. The molecule has 3 nitrogen and oxygen atoms in total. The van der Waals surface area contributed by atoms with E-state index in [0.717, 1.165) is 39.2 Å². The molecule has 47 heavy (non-hydrogen) atoms. The second-order valence-corrected chi connectivity index (χ2v) is 13.1. The zero-order chi connectivity index (χ0) is 30.9. The third-order valence-corrected chi connectivity index (χ3v) is 10.5. The Morgan fingerprint density at radius 3 is 2.06 bits per heavy atom. The van der Waals surface area contributed by atoms with Crippen LogP contribution in [0.4, 0.5) is 0 Å². The van der Waals surface area contributed by atoms with Gasteiger partial charge in [-0.05, 0) is 74.3 Å². The summed E-state index contributed by atoms with van der Waals surface area (Å²) in [6.45, 7) is 0. The number of nitrogens with zero attached hydrogens (tertiary/aromatic N) is 3. The number of hydrogen-bond donors (Lipinski definition) is 0. The maximum Gasteiger partial charge on any atom is 0.160 e. The number of benzene rings is 7. The molecule has 3 aromatic heterocycles. The number of pyridine rings is 1. The van der Waals surface area contributed by atoms with E-state index < -0.39 is 0 Å². The van der Waals surface area contributed by atoms with Gasteiger partial charge in [0.2, 0.25) is 0 Å². The van der Waals surface area contributed by atoms with Crippen LogP contribution in [-0.2, 0) is 0 Å². The highest BCUT2D eigenvalue weighted by molar-refractivity contribution is 7.25. The topological polar surface area (TPSA) is 38.7 Å². The van der Waals surface area contributed by atoms with E-state index in [1.807, 2.05) is 23.6 Å². The van der Waals surface area contributed by atoms with Crippen LogP contribution >= 0.6 is 11.3 Å². The normalized spacial score (nSPS) is 11.8. The maximum atomic E-state index is 5.29. The first kappa shape index (κ1) is 26.3. The molecule has 3 heterocycles. The Balaban J connectivity index is 1.23. The highest BCUT2D eigenvalue weighted by Crippen LogP contribution is 2.41. The van der Waals surface area contributed by atoms with Crippen LogP contribution in [-0.4, -0.2) is 15.0 Å². The van der Waals surface area contributed by atoms with Crippen molar-refractivity contribution in [2.75, 3.05) is 0 Å². The van der Waals surface area contributed by atoms with Crippen molar-refractivity contribution in [1.29, 1.82) is 0 Å². The van der Waals surface area contributed by atoms with Gasteiger partial charge in [-0.1, -0.05) is 103 Å².